The van der Waals surface area contributed by atoms with Crippen LogP contribution in [0.25, 0.3) is 10.8 Å². The van der Waals surface area contributed by atoms with Crippen LogP contribution in [-0.2, 0) is 25.7 Å². The molecule has 0 bridgehead atoms. The number of rotatable bonds is 11. The first kappa shape index (κ1) is 29.4. The lowest BCUT2D eigenvalue weighted by molar-refractivity contribution is -0.136. The fourth-order valence-electron chi connectivity index (χ4n) is 5.22. The van der Waals surface area contributed by atoms with Gasteiger partial charge in [0.15, 0.2) is 0 Å². The first-order valence-electron chi connectivity index (χ1n) is 14.0. The van der Waals surface area contributed by atoms with Gasteiger partial charge in [-0.2, -0.15) is 0 Å². The van der Waals surface area contributed by atoms with Gasteiger partial charge >= 0.3 is 0 Å². The van der Waals surface area contributed by atoms with Gasteiger partial charge in [0, 0.05) is 37.6 Å². The molecule has 3 aromatic rings. The summed E-state index contributed by atoms with van der Waals surface area (Å²) >= 11 is 7.50. The molecule has 0 saturated carbocycles. The van der Waals surface area contributed by atoms with E-state index in [-0.39, 0.29) is 36.1 Å². The molecular formula is C31H35ClN4O4S. The molecule has 0 aromatic heterocycles. The van der Waals surface area contributed by atoms with Crippen molar-refractivity contribution in [3.63, 3.8) is 0 Å². The van der Waals surface area contributed by atoms with Gasteiger partial charge in [-0.05, 0) is 47.0 Å². The molecule has 2 heterocycles. The molecule has 2 unspecified atom stereocenters. The summed E-state index contributed by atoms with van der Waals surface area (Å²) in [6, 6.07) is 21.3. The Bertz CT molecular complexity index is 1360. The molecule has 5 rings (SSSR count). The summed E-state index contributed by atoms with van der Waals surface area (Å²) in [5, 5.41) is 7.78. The SMILES string of the molecule is O=C(CC1SC(c2ccc(Cl)cc2)N(CC(=O)NCCCN2CCOCC2)C1=O)NCc1cccc2ccccc12. The number of fused-ring (bicyclic) bond motifs is 1. The summed E-state index contributed by atoms with van der Waals surface area (Å²) in [4.78, 5) is 43.3. The Morgan fingerprint density at radius 1 is 0.951 bits per heavy atom. The molecule has 2 saturated heterocycles. The van der Waals surface area contributed by atoms with Crippen LogP contribution in [-0.4, -0.2) is 78.7 Å². The van der Waals surface area contributed by atoms with E-state index in [2.05, 4.69) is 15.5 Å². The van der Waals surface area contributed by atoms with E-state index in [0.29, 0.717) is 18.1 Å². The topological polar surface area (TPSA) is 91.0 Å². The highest BCUT2D eigenvalue weighted by molar-refractivity contribution is 8.01. The molecule has 2 fully saturated rings. The van der Waals surface area contributed by atoms with Crippen LogP contribution < -0.4 is 10.6 Å². The standard InChI is InChI=1S/C31H35ClN4O4S/c32-25-11-9-23(10-12-25)31-36(21-29(38)33-13-4-14-35-15-17-40-18-16-35)30(39)27(41-31)19-28(37)34-20-24-7-3-6-22-5-1-2-8-26(22)24/h1-3,5-12,27,31H,4,13-21H2,(H,33,38)(H,34,37). The first-order chi connectivity index (χ1) is 20.0. The van der Waals surface area contributed by atoms with E-state index in [9.17, 15) is 14.4 Å². The minimum Gasteiger partial charge on any atom is -0.379 e. The normalized spacial score (nSPS) is 19.4. The maximum absolute atomic E-state index is 13.5. The second-order valence-corrected chi connectivity index (χ2v) is 12.0. The zero-order chi connectivity index (χ0) is 28.6. The summed E-state index contributed by atoms with van der Waals surface area (Å²) in [6.45, 7) is 5.06. The van der Waals surface area contributed by atoms with Crippen LogP contribution in [0.5, 0.6) is 0 Å². The van der Waals surface area contributed by atoms with E-state index >= 15 is 0 Å². The number of morpholine rings is 1. The lowest BCUT2D eigenvalue weighted by atomic mass is 10.0. The van der Waals surface area contributed by atoms with Crippen LogP contribution in [0.1, 0.15) is 29.3 Å². The molecule has 0 spiro atoms. The van der Waals surface area contributed by atoms with Gasteiger partial charge in [0.1, 0.15) is 11.9 Å². The van der Waals surface area contributed by atoms with Crippen molar-refractivity contribution in [2.45, 2.75) is 30.0 Å². The quantitative estimate of drug-likeness (QED) is 0.326. The van der Waals surface area contributed by atoms with Crippen LogP contribution in [0.4, 0.5) is 0 Å². The van der Waals surface area contributed by atoms with Crippen molar-refractivity contribution in [1.29, 1.82) is 0 Å². The summed E-state index contributed by atoms with van der Waals surface area (Å²) in [5.41, 5.74) is 1.89. The molecule has 216 valence electrons. The molecule has 2 aliphatic heterocycles. The van der Waals surface area contributed by atoms with Crippen LogP contribution in [0.3, 0.4) is 0 Å². The van der Waals surface area contributed by atoms with Gasteiger partial charge < -0.3 is 20.3 Å². The molecular weight excluding hydrogens is 560 g/mol. The van der Waals surface area contributed by atoms with Crippen molar-refractivity contribution in [3.05, 3.63) is 82.9 Å². The smallest absolute Gasteiger partial charge is 0.239 e. The largest absolute Gasteiger partial charge is 0.379 e. The van der Waals surface area contributed by atoms with Crippen LogP contribution >= 0.6 is 23.4 Å². The number of nitrogens with zero attached hydrogens (tertiary/aromatic N) is 2. The minimum absolute atomic E-state index is 0.0377. The number of hydrogen-bond acceptors (Lipinski definition) is 6. The Kier molecular flexibility index (Phi) is 10.2. The number of thioether (sulfide) groups is 1. The van der Waals surface area contributed by atoms with Crippen molar-refractivity contribution >= 4 is 51.9 Å². The van der Waals surface area contributed by atoms with E-state index < -0.39 is 5.25 Å². The summed E-state index contributed by atoms with van der Waals surface area (Å²) in [6.07, 6.45) is 0.866. The number of halogens is 1. The van der Waals surface area contributed by atoms with Crippen molar-refractivity contribution < 1.29 is 19.1 Å². The van der Waals surface area contributed by atoms with E-state index in [1.165, 1.54) is 11.8 Å². The number of ether oxygens (including phenoxy) is 1. The van der Waals surface area contributed by atoms with Crippen molar-refractivity contribution in [3.8, 4) is 0 Å². The van der Waals surface area contributed by atoms with Gasteiger partial charge in [0.25, 0.3) is 0 Å². The van der Waals surface area contributed by atoms with Crippen molar-refractivity contribution in [2.24, 2.45) is 0 Å². The van der Waals surface area contributed by atoms with E-state index in [1.54, 1.807) is 17.0 Å². The molecule has 2 aliphatic rings. The molecule has 3 aromatic carbocycles. The minimum atomic E-state index is -0.586. The maximum atomic E-state index is 13.5. The number of carbonyl (C=O) groups excluding carboxylic acids is 3. The van der Waals surface area contributed by atoms with E-state index in [1.807, 2.05) is 54.6 Å². The van der Waals surface area contributed by atoms with Crippen LogP contribution in [0.2, 0.25) is 5.02 Å². The van der Waals surface area contributed by atoms with Gasteiger partial charge in [0.2, 0.25) is 17.7 Å². The number of amides is 3. The monoisotopic (exact) mass is 594 g/mol. The summed E-state index contributed by atoms with van der Waals surface area (Å²) < 4.78 is 5.38. The summed E-state index contributed by atoms with van der Waals surface area (Å²) in [7, 11) is 0. The fraction of sp³-hybridized carbons (Fsp3) is 0.387. The molecule has 2 N–H and O–H groups in total. The molecule has 41 heavy (non-hydrogen) atoms. The average molecular weight is 595 g/mol. The lowest BCUT2D eigenvalue weighted by Gasteiger charge is -2.26. The molecule has 0 radical (unpaired) electrons. The Morgan fingerprint density at radius 2 is 1.71 bits per heavy atom. The van der Waals surface area contributed by atoms with Crippen molar-refractivity contribution in [2.75, 3.05) is 45.9 Å². The lowest BCUT2D eigenvalue weighted by Crippen LogP contribution is -2.42. The zero-order valence-corrected chi connectivity index (χ0v) is 24.5. The molecule has 0 aliphatic carbocycles. The molecule has 2 atom stereocenters. The van der Waals surface area contributed by atoms with E-state index in [4.69, 9.17) is 16.3 Å². The Labute approximate surface area is 249 Å². The maximum Gasteiger partial charge on any atom is 0.239 e. The van der Waals surface area contributed by atoms with Crippen molar-refractivity contribution in [1.82, 2.24) is 20.4 Å². The molecule has 10 heteroatoms. The number of nitrogens with one attached hydrogen (secondary N) is 2. The first-order valence-corrected chi connectivity index (χ1v) is 15.3. The number of benzene rings is 3. The zero-order valence-electron chi connectivity index (χ0n) is 22.9. The highest BCUT2D eigenvalue weighted by Crippen LogP contribution is 2.44. The van der Waals surface area contributed by atoms with Crippen LogP contribution in [0.15, 0.2) is 66.7 Å². The second-order valence-electron chi connectivity index (χ2n) is 10.3. The molecule has 3 amide bonds. The van der Waals surface area contributed by atoms with Gasteiger partial charge in [-0.25, -0.2) is 0 Å². The Hall–Kier alpha value is -3.11. The highest BCUT2D eigenvalue weighted by atomic mass is 35.5. The Balaban J connectivity index is 1.18. The second kappa shape index (κ2) is 14.2. The van der Waals surface area contributed by atoms with Crippen LogP contribution in [0, 0.1) is 0 Å². The third-order valence-electron chi connectivity index (χ3n) is 7.41. The molecule has 8 nitrogen and oxygen atoms in total. The van der Waals surface area contributed by atoms with Gasteiger partial charge in [-0.1, -0.05) is 66.2 Å². The van der Waals surface area contributed by atoms with E-state index in [0.717, 1.165) is 61.2 Å². The number of hydrogen-bond donors (Lipinski definition) is 2. The van der Waals surface area contributed by atoms with Gasteiger partial charge in [-0.15, -0.1) is 11.8 Å². The predicted molar refractivity (Wildman–Crippen MR) is 163 cm³/mol. The Morgan fingerprint density at radius 3 is 2.51 bits per heavy atom. The van der Waals surface area contributed by atoms with Gasteiger partial charge in [-0.3, -0.25) is 19.3 Å². The van der Waals surface area contributed by atoms with Gasteiger partial charge in [0.05, 0.1) is 18.5 Å². The number of carbonyl (C=O) groups is 3. The predicted octanol–water partition coefficient (Wildman–Crippen LogP) is 3.98. The summed E-state index contributed by atoms with van der Waals surface area (Å²) in [5.74, 6) is -0.618. The third-order valence-corrected chi connectivity index (χ3v) is 9.14. The highest BCUT2D eigenvalue weighted by Gasteiger charge is 2.42. The third kappa shape index (κ3) is 7.80. The fourth-order valence-corrected chi connectivity index (χ4v) is 6.79. The average Bonchev–Trinajstić information content (AvgIpc) is 3.29.